The fourth-order valence-electron chi connectivity index (χ4n) is 2.46. The normalized spacial score (nSPS) is 12.3. The minimum Gasteiger partial charge on any atom is -0.397 e. The average Bonchev–Trinajstić information content (AvgIpc) is 2.51. The highest BCUT2D eigenvalue weighted by atomic mass is 35.5. The van der Waals surface area contributed by atoms with E-state index in [1.807, 2.05) is 48.7 Å². The summed E-state index contributed by atoms with van der Waals surface area (Å²) in [4.78, 5) is 4.11. The molecule has 0 aliphatic carbocycles. The predicted octanol–water partition coefficient (Wildman–Crippen LogP) is 4.64. The summed E-state index contributed by atoms with van der Waals surface area (Å²) >= 11 is 6.24. The van der Waals surface area contributed by atoms with Gasteiger partial charge >= 0.3 is 0 Å². The Morgan fingerprint density at radius 3 is 2.76 bits per heavy atom. The van der Waals surface area contributed by atoms with Crippen molar-refractivity contribution in [2.45, 2.75) is 13.0 Å². The number of nitrogens with one attached hydrogen (secondary N) is 1. The first kappa shape index (κ1) is 13.7. The second kappa shape index (κ2) is 5.62. The molecule has 1 unspecified atom stereocenters. The number of fused-ring (bicyclic) bond motifs is 1. The highest BCUT2D eigenvalue weighted by Crippen LogP contribution is 2.32. The van der Waals surface area contributed by atoms with Gasteiger partial charge in [-0.15, -0.1) is 0 Å². The van der Waals surface area contributed by atoms with Gasteiger partial charge in [0.25, 0.3) is 0 Å². The van der Waals surface area contributed by atoms with Crippen LogP contribution >= 0.6 is 11.6 Å². The van der Waals surface area contributed by atoms with Crippen molar-refractivity contribution in [2.75, 3.05) is 11.1 Å². The Hall–Kier alpha value is -2.26. The Morgan fingerprint density at radius 1 is 1.14 bits per heavy atom. The lowest BCUT2D eigenvalue weighted by Crippen LogP contribution is -2.09. The largest absolute Gasteiger partial charge is 0.397 e. The van der Waals surface area contributed by atoms with E-state index in [1.165, 1.54) is 0 Å². The Balaban J connectivity index is 1.95. The van der Waals surface area contributed by atoms with Crippen molar-refractivity contribution in [1.82, 2.24) is 4.98 Å². The van der Waals surface area contributed by atoms with Crippen molar-refractivity contribution in [2.24, 2.45) is 0 Å². The van der Waals surface area contributed by atoms with Crippen LogP contribution in [0.5, 0.6) is 0 Å². The van der Waals surface area contributed by atoms with Gasteiger partial charge in [0.2, 0.25) is 0 Å². The number of hydrogen-bond donors (Lipinski definition) is 2. The molecule has 0 bridgehead atoms. The number of hydrogen-bond acceptors (Lipinski definition) is 3. The Labute approximate surface area is 128 Å². The highest BCUT2D eigenvalue weighted by molar-refractivity contribution is 6.31. The summed E-state index contributed by atoms with van der Waals surface area (Å²) in [5.41, 5.74) is 8.94. The van der Waals surface area contributed by atoms with E-state index >= 15 is 0 Å². The first-order valence-electron chi connectivity index (χ1n) is 6.80. The zero-order valence-electron chi connectivity index (χ0n) is 11.7. The summed E-state index contributed by atoms with van der Waals surface area (Å²) in [6, 6.07) is 13.8. The van der Waals surface area contributed by atoms with Gasteiger partial charge in [-0.3, -0.25) is 4.98 Å². The minimum absolute atomic E-state index is 0.0697. The second-order valence-electron chi connectivity index (χ2n) is 5.01. The van der Waals surface area contributed by atoms with Crippen LogP contribution in [0.1, 0.15) is 18.5 Å². The third-order valence-corrected chi connectivity index (χ3v) is 3.95. The summed E-state index contributed by atoms with van der Waals surface area (Å²) < 4.78 is 0. The molecule has 0 amide bonds. The molecule has 1 aromatic heterocycles. The third-order valence-electron chi connectivity index (χ3n) is 3.61. The van der Waals surface area contributed by atoms with Gasteiger partial charge in [-0.2, -0.15) is 0 Å². The monoisotopic (exact) mass is 297 g/mol. The van der Waals surface area contributed by atoms with E-state index in [0.29, 0.717) is 0 Å². The van der Waals surface area contributed by atoms with Crippen LogP contribution in [-0.2, 0) is 0 Å². The molecule has 3 rings (SSSR count). The van der Waals surface area contributed by atoms with E-state index in [1.54, 1.807) is 6.20 Å². The zero-order valence-corrected chi connectivity index (χ0v) is 12.4. The standard InChI is InChI=1S/C17H16ClN3/c1-11(13-4-2-3-5-15(13)18)21-16-7-6-12-10-20-9-8-14(12)17(16)19/h2-11,21H,19H2,1H3. The fourth-order valence-corrected chi connectivity index (χ4v) is 2.76. The summed E-state index contributed by atoms with van der Waals surface area (Å²) in [5.74, 6) is 0. The van der Waals surface area contributed by atoms with Crippen LogP contribution in [0.4, 0.5) is 11.4 Å². The molecule has 1 atom stereocenters. The average molecular weight is 298 g/mol. The van der Waals surface area contributed by atoms with Crippen molar-refractivity contribution in [1.29, 1.82) is 0 Å². The van der Waals surface area contributed by atoms with Gasteiger partial charge < -0.3 is 11.1 Å². The van der Waals surface area contributed by atoms with E-state index < -0.39 is 0 Å². The molecule has 2 aromatic carbocycles. The summed E-state index contributed by atoms with van der Waals surface area (Å²) in [7, 11) is 0. The Morgan fingerprint density at radius 2 is 1.95 bits per heavy atom. The maximum Gasteiger partial charge on any atom is 0.0630 e. The minimum atomic E-state index is 0.0697. The van der Waals surface area contributed by atoms with Crippen LogP contribution in [0, 0.1) is 0 Å². The van der Waals surface area contributed by atoms with E-state index in [0.717, 1.165) is 32.7 Å². The van der Waals surface area contributed by atoms with Crippen molar-refractivity contribution in [3.63, 3.8) is 0 Å². The number of pyridine rings is 1. The van der Waals surface area contributed by atoms with Gasteiger partial charge in [0.15, 0.2) is 0 Å². The summed E-state index contributed by atoms with van der Waals surface area (Å²) in [6.45, 7) is 2.07. The number of nitrogen functional groups attached to an aromatic ring is 1. The zero-order chi connectivity index (χ0) is 14.8. The molecule has 1 heterocycles. The maximum atomic E-state index is 6.26. The molecule has 21 heavy (non-hydrogen) atoms. The molecule has 0 saturated carbocycles. The molecular weight excluding hydrogens is 282 g/mol. The molecule has 0 spiro atoms. The molecule has 0 radical (unpaired) electrons. The van der Waals surface area contributed by atoms with E-state index in [4.69, 9.17) is 17.3 Å². The van der Waals surface area contributed by atoms with Gasteiger partial charge in [0.1, 0.15) is 0 Å². The molecule has 3 N–H and O–H groups in total. The molecular formula is C17H16ClN3. The SMILES string of the molecule is CC(Nc1ccc2cnccc2c1N)c1ccccc1Cl. The van der Waals surface area contributed by atoms with Crippen molar-refractivity contribution >= 4 is 33.7 Å². The van der Waals surface area contributed by atoms with E-state index in [9.17, 15) is 0 Å². The molecule has 106 valence electrons. The number of nitrogens with zero attached hydrogens (tertiary/aromatic N) is 1. The third kappa shape index (κ3) is 2.65. The maximum absolute atomic E-state index is 6.26. The summed E-state index contributed by atoms with van der Waals surface area (Å²) in [5, 5.41) is 6.22. The molecule has 0 aliphatic rings. The molecule has 3 aromatic rings. The second-order valence-corrected chi connectivity index (χ2v) is 5.42. The molecule has 0 aliphatic heterocycles. The van der Waals surface area contributed by atoms with Crippen LogP contribution in [0.3, 0.4) is 0 Å². The van der Waals surface area contributed by atoms with Crippen LogP contribution in [-0.4, -0.2) is 4.98 Å². The lowest BCUT2D eigenvalue weighted by atomic mass is 10.1. The van der Waals surface area contributed by atoms with Crippen LogP contribution in [0.2, 0.25) is 5.02 Å². The Bertz CT molecular complexity index is 786. The molecule has 0 fully saturated rings. The number of benzene rings is 2. The summed E-state index contributed by atoms with van der Waals surface area (Å²) in [6.07, 6.45) is 3.56. The predicted molar refractivity (Wildman–Crippen MR) is 89.6 cm³/mol. The Kier molecular flexibility index (Phi) is 3.67. The first-order chi connectivity index (χ1) is 10.2. The topological polar surface area (TPSA) is 50.9 Å². The molecule has 3 nitrogen and oxygen atoms in total. The number of anilines is 2. The number of nitrogens with two attached hydrogens (primary N) is 1. The van der Waals surface area contributed by atoms with Gasteiger partial charge in [-0.25, -0.2) is 0 Å². The van der Waals surface area contributed by atoms with Crippen molar-refractivity contribution in [3.8, 4) is 0 Å². The number of aromatic nitrogens is 1. The van der Waals surface area contributed by atoms with Gasteiger partial charge in [-0.1, -0.05) is 35.9 Å². The smallest absolute Gasteiger partial charge is 0.0630 e. The van der Waals surface area contributed by atoms with Crippen molar-refractivity contribution < 1.29 is 0 Å². The quantitative estimate of drug-likeness (QED) is 0.692. The lowest BCUT2D eigenvalue weighted by molar-refractivity contribution is 0.886. The fraction of sp³-hybridized carbons (Fsp3) is 0.118. The van der Waals surface area contributed by atoms with Crippen LogP contribution in [0.15, 0.2) is 54.9 Å². The highest BCUT2D eigenvalue weighted by Gasteiger charge is 2.11. The van der Waals surface area contributed by atoms with Crippen LogP contribution < -0.4 is 11.1 Å². The number of rotatable bonds is 3. The first-order valence-corrected chi connectivity index (χ1v) is 7.18. The van der Waals surface area contributed by atoms with Crippen LogP contribution in [0.25, 0.3) is 10.8 Å². The molecule has 0 saturated heterocycles. The molecule has 4 heteroatoms. The van der Waals surface area contributed by atoms with Gasteiger partial charge in [-0.05, 0) is 30.7 Å². The number of halogens is 1. The van der Waals surface area contributed by atoms with Crippen molar-refractivity contribution in [3.05, 3.63) is 65.4 Å². The lowest BCUT2D eigenvalue weighted by Gasteiger charge is -2.19. The van der Waals surface area contributed by atoms with E-state index in [-0.39, 0.29) is 6.04 Å². The van der Waals surface area contributed by atoms with E-state index in [2.05, 4.69) is 17.2 Å². The van der Waals surface area contributed by atoms with Gasteiger partial charge in [0, 0.05) is 28.2 Å². The van der Waals surface area contributed by atoms with Gasteiger partial charge in [0.05, 0.1) is 17.4 Å².